The SMILES string of the molecule is CCc1nc(CN2CCN(c3ncnc4sc(-c5ccccc5)cc34)CC2)cs1. The number of benzene rings is 1. The number of thiophene rings is 1. The van der Waals surface area contributed by atoms with Gasteiger partial charge in [-0.15, -0.1) is 22.7 Å². The van der Waals surface area contributed by atoms with Crippen LogP contribution in [0, 0.1) is 0 Å². The maximum absolute atomic E-state index is 4.72. The summed E-state index contributed by atoms with van der Waals surface area (Å²) in [7, 11) is 0. The topological polar surface area (TPSA) is 45.2 Å². The number of hydrogen-bond acceptors (Lipinski definition) is 7. The molecule has 1 aliphatic heterocycles. The van der Waals surface area contributed by atoms with E-state index in [9.17, 15) is 0 Å². The van der Waals surface area contributed by atoms with E-state index < -0.39 is 0 Å². The highest BCUT2D eigenvalue weighted by Crippen LogP contribution is 2.36. The van der Waals surface area contributed by atoms with Crippen molar-refractivity contribution in [3.63, 3.8) is 0 Å². The summed E-state index contributed by atoms with van der Waals surface area (Å²) < 4.78 is 0. The number of fused-ring (bicyclic) bond motifs is 1. The van der Waals surface area contributed by atoms with E-state index in [4.69, 9.17) is 4.98 Å². The molecule has 0 amide bonds. The molecule has 148 valence electrons. The Bertz CT molecular complexity index is 1100. The number of rotatable bonds is 5. The lowest BCUT2D eigenvalue weighted by molar-refractivity contribution is 0.247. The van der Waals surface area contributed by atoms with Gasteiger partial charge in [0, 0.05) is 43.0 Å². The largest absolute Gasteiger partial charge is 0.353 e. The molecule has 29 heavy (non-hydrogen) atoms. The lowest BCUT2D eigenvalue weighted by Crippen LogP contribution is -2.46. The van der Waals surface area contributed by atoms with Gasteiger partial charge in [0.05, 0.1) is 16.1 Å². The molecule has 0 bridgehead atoms. The smallest absolute Gasteiger partial charge is 0.140 e. The molecule has 1 aromatic carbocycles. The Hall–Kier alpha value is -2.35. The van der Waals surface area contributed by atoms with Crippen molar-refractivity contribution in [3.05, 3.63) is 58.8 Å². The third kappa shape index (κ3) is 3.90. The van der Waals surface area contributed by atoms with Gasteiger partial charge in [-0.2, -0.15) is 0 Å². The maximum Gasteiger partial charge on any atom is 0.140 e. The molecule has 0 radical (unpaired) electrons. The highest BCUT2D eigenvalue weighted by atomic mass is 32.1. The first kappa shape index (κ1) is 18.7. The number of thiazole rings is 1. The van der Waals surface area contributed by atoms with Crippen molar-refractivity contribution in [1.29, 1.82) is 0 Å². The average molecular weight is 422 g/mol. The first-order chi connectivity index (χ1) is 14.3. The van der Waals surface area contributed by atoms with E-state index >= 15 is 0 Å². The summed E-state index contributed by atoms with van der Waals surface area (Å²) in [5.74, 6) is 1.06. The van der Waals surface area contributed by atoms with Gasteiger partial charge in [0.25, 0.3) is 0 Å². The monoisotopic (exact) mass is 421 g/mol. The van der Waals surface area contributed by atoms with Gasteiger partial charge in [-0.05, 0) is 18.1 Å². The van der Waals surface area contributed by atoms with Crippen LogP contribution in [-0.4, -0.2) is 46.0 Å². The quantitative estimate of drug-likeness (QED) is 0.467. The van der Waals surface area contributed by atoms with E-state index in [0.717, 1.165) is 55.2 Å². The van der Waals surface area contributed by atoms with E-state index in [1.807, 2.05) is 0 Å². The van der Waals surface area contributed by atoms with E-state index in [0.29, 0.717) is 0 Å². The van der Waals surface area contributed by atoms with Crippen LogP contribution in [0.3, 0.4) is 0 Å². The lowest BCUT2D eigenvalue weighted by atomic mass is 10.2. The Morgan fingerprint density at radius 1 is 1.03 bits per heavy atom. The van der Waals surface area contributed by atoms with Crippen LogP contribution in [0.15, 0.2) is 48.1 Å². The molecule has 4 aromatic rings. The van der Waals surface area contributed by atoms with E-state index in [1.165, 1.54) is 21.1 Å². The fourth-order valence-corrected chi connectivity index (χ4v) is 5.51. The zero-order valence-electron chi connectivity index (χ0n) is 16.4. The van der Waals surface area contributed by atoms with Crippen LogP contribution in [0.25, 0.3) is 20.7 Å². The van der Waals surface area contributed by atoms with Crippen molar-refractivity contribution >= 4 is 38.7 Å². The van der Waals surface area contributed by atoms with Gasteiger partial charge in [-0.25, -0.2) is 15.0 Å². The van der Waals surface area contributed by atoms with Crippen molar-refractivity contribution in [2.45, 2.75) is 19.9 Å². The Balaban J connectivity index is 1.32. The van der Waals surface area contributed by atoms with Gasteiger partial charge >= 0.3 is 0 Å². The molecule has 0 spiro atoms. The Morgan fingerprint density at radius 3 is 2.62 bits per heavy atom. The summed E-state index contributed by atoms with van der Waals surface area (Å²) in [6, 6.07) is 12.8. The van der Waals surface area contributed by atoms with Gasteiger partial charge in [0.1, 0.15) is 17.0 Å². The fraction of sp³-hybridized carbons (Fsp3) is 0.318. The Kier molecular flexibility index (Phi) is 5.26. The molecule has 0 saturated carbocycles. The number of hydrogen-bond donors (Lipinski definition) is 0. The summed E-state index contributed by atoms with van der Waals surface area (Å²) in [5.41, 5.74) is 2.44. The molecule has 3 aromatic heterocycles. The highest BCUT2D eigenvalue weighted by Gasteiger charge is 2.21. The minimum Gasteiger partial charge on any atom is -0.353 e. The number of nitrogens with zero attached hydrogens (tertiary/aromatic N) is 5. The molecule has 5 rings (SSSR count). The number of piperazine rings is 1. The van der Waals surface area contributed by atoms with Gasteiger partial charge < -0.3 is 4.90 Å². The number of aromatic nitrogens is 3. The normalized spacial score (nSPS) is 15.3. The molecule has 1 fully saturated rings. The van der Waals surface area contributed by atoms with Crippen LogP contribution < -0.4 is 4.90 Å². The third-order valence-corrected chi connectivity index (χ3v) is 7.46. The van der Waals surface area contributed by atoms with E-state index in [-0.39, 0.29) is 0 Å². The van der Waals surface area contributed by atoms with Gasteiger partial charge in [0.2, 0.25) is 0 Å². The zero-order chi connectivity index (χ0) is 19.6. The second-order valence-electron chi connectivity index (χ2n) is 7.24. The first-order valence-electron chi connectivity index (χ1n) is 10.0. The van der Waals surface area contributed by atoms with Crippen molar-refractivity contribution in [2.75, 3.05) is 31.1 Å². The Morgan fingerprint density at radius 2 is 1.86 bits per heavy atom. The second kappa shape index (κ2) is 8.18. The van der Waals surface area contributed by atoms with Crippen LogP contribution in [0.2, 0.25) is 0 Å². The highest BCUT2D eigenvalue weighted by molar-refractivity contribution is 7.21. The summed E-state index contributed by atoms with van der Waals surface area (Å²) in [6.45, 7) is 7.12. The van der Waals surface area contributed by atoms with E-state index in [2.05, 4.69) is 68.5 Å². The predicted octanol–water partition coefficient (Wildman–Crippen LogP) is 4.70. The maximum atomic E-state index is 4.72. The summed E-state index contributed by atoms with van der Waals surface area (Å²) in [4.78, 5) is 21.1. The van der Waals surface area contributed by atoms with Crippen molar-refractivity contribution in [2.24, 2.45) is 0 Å². The van der Waals surface area contributed by atoms with Crippen LogP contribution >= 0.6 is 22.7 Å². The van der Waals surface area contributed by atoms with Gasteiger partial charge in [0.15, 0.2) is 0 Å². The molecular weight excluding hydrogens is 398 g/mol. The molecular formula is C22H23N5S2. The number of anilines is 1. The lowest BCUT2D eigenvalue weighted by Gasteiger charge is -2.35. The first-order valence-corrected chi connectivity index (χ1v) is 11.7. The standard InChI is InChI=1S/C22H23N5S2/c1-2-20-25-17(14-28-20)13-26-8-10-27(11-9-26)21-18-12-19(16-6-4-3-5-7-16)29-22(18)24-15-23-21/h3-7,12,14-15H,2,8-11,13H2,1H3. The Labute approximate surface area is 178 Å². The molecule has 0 aliphatic carbocycles. The zero-order valence-corrected chi connectivity index (χ0v) is 18.0. The summed E-state index contributed by atoms with van der Waals surface area (Å²) >= 11 is 3.51. The van der Waals surface area contributed by atoms with Gasteiger partial charge in [-0.1, -0.05) is 37.3 Å². The van der Waals surface area contributed by atoms with Crippen LogP contribution in [0.1, 0.15) is 17.6 Å². The second-order valence-corrected chi connectivity index (χ2v) is 9.22. The van der Waals surface area contributed by atoms with E-state index in [1.54, 1.807) is 29.0 Å². The molecule has 0 atom stereocenters. The van der Waals surface area contributed by atoms with Crippen LogP contribution in [0.4, 0.5) is 5.82 Å². The van der Waals surface area contributed by atoms with Crippen LogP contribution in [-0.2, 0) is 13.0 Å². The van der Waals surface area contributed by atoms with Crippen molar-refractivity contribution < 1.29 is 0 Å². The molecule has 7 heteroatoms. The van der Waals surface area contributed by atoms with Crippen molar-refractivity contribution in [3.8, 4) is 10.4 Å². The molecule has 0 unspecified atom stereocenters. The summed E-state index contributed by atoms with van der Waals surface area (Å²) in [5, 5.41) is 4.60. The van der Waals surface area contributed by atoms with Gasteiger partial charge in [-0.3, -0.25) is 4.90 Å². The average Bonchev–Trinajstić information content (AvgIpc) is 3.41. The molecule has 5 nitrogen and oxygen atoms in total. The predicted molar refractivity (Wildman–Crippen MR) is 122 cm³/mol. The fourth-order valence-electron chi connectivity index (χ4n) is 3.77. The molecule has 1 aliphatic rings. The molecule has 1 saturated heterocycles. The molecule has 0 N–H and O–H groups in total. The van der Waals surface area contributed by atoms with Crippen LogP contribution in [0.5, 0.6) is 0 Å². The number of aryl methyl sites for hydroxylation is 1. The minimum atomic E-state index is 0.945. The third-order valence-electron chi connectivity index (χ3n) is 5.33. The van der Waals surface area contributed by atoms with Crippen molar-refractivity contribution in [1.82, 2.24) is 19.9 Å². The summed E-state index contributed by atoms with van der Waals surface area (Å²) in [6.07, 6.45) is 2.73. The minimum absolute atomic E-state index is 0.945. The molecule has 4 heterocycles.